The standard InChI is InChI=1S/C13H22N6O/c1-9(2)12-10(13(20-5)19(4)17-12)6-14-7-11-16-15-8-18(11)3/h8-9,14H,6-7H2,1-5H3. The van der Waals surface area contributed by atoms with Crippen molar-refractivity contribution in [3.05, 3.63) is 23.4 Å². The summed E-state index contributed by atoms with van der Waals surface area (Å²) in [6.07, 6.45) is 1.70. The highest BCUT2D eigenvalue weighted by atomic mass is 16.5. The first kappa shape index (κ1) is 14.5. The van der Waals surface area contributed by atoms with Crippen LogP contribution in [0, 0.1) is 0 Å². The third-order valence-corrected chi connectivity index (χ3v) is 3.25. The van der Waals surface area contributed by atoms with Crippen molar-refractivity contribution in [3.8, 4) is 5.88 Å². The summed E-state index contributed by atoms with van der Waals surface area (Å²) in [4.78, 5) is 0. The zero-order valence-electron chi connectivity index (χ0n) is 12.7. The van der Waals surface area contributed by atoms with Crippen molar-refractivity contribution in [1.82, 2.24) is 29.9 Å². The van der Waals surface area contributed by atoms with Crippen LogP contribution >= 0.6 is 0 Å². The predicted molar refractivity (Wildman–Crippen MR) is 75.4 cm³/mol. The molecule has 0 spiro atoms. The monoisotopic (exact) mass is 278 g/mol. The fourth-order valence-electron chi connectivity index (χ4n) is 2.22. The third kappa shape index (κ3) is 2.82. The topological polar surface area (TPSA) is 69.8 Å². The second kappa shape index (κ2) is 6.04. The first-order valence-corrected chi connectivity index (χ1v) is 6.68. The maximum atomic E-state index is 5.45. The maximum Gasteiger partial charge on any atom is 0.216 e. The number of rotatable bonds is 6. The van der Waals surface area contributed by atoms with E-state index in [4.69, 9.17) is 4.74 Å². The fourth-order valence-corrected chi connectivity index (χ4v) is 2.22. The molecule has 0 radical (unpaired) electrons. The van der Waals surface area contributed by atoms with E-state index in [2.05, 4.69) is 34.5 Å². The van der Waals surface area contributed by atoms with Crippen molar-refractivity contribution >= 4 is 0 Å². The van der Waals surface area contributed by atoms with Crippen LogP contribution in [-0.4, -0.2) is 31.7 Å². The third-order valence-electron chi connectivity index (χ3n) is 3.25. The minimum atomic E-state index is 0.358. The molecular formula is C13H22N6O. The number of hydrogen-bond donors (Lipinski definition) is 1. The molecule has 2 aromatic rings. The van der Waals surface area contributed by atoms with Crippen molar-refractivity contribution in [2.24, 2.45) is 14.1 Å². The zero-order chi connectivity index (χ0) is 14.7. The summed E-state index contributed by atoms with van der Waals surface area (Å²) in [5.74, 6) is 2.06. The SMILES string of the molecule is COc1c(CNCc2nncn2C)c(C(C)C)nn1C. The maximum absolute atomic E-state index is 5.45. The lowest BCUT2D eigenvalue weighted by atomic mass is 10.1. The Labute approximate surface area is 119 Å². The first-order chi connectivity index (χ1) is 9.54. The second-order valence-corrected chi connectivity index (χ2v) is 5.11. The van der Waals surface area contributed by atoms with Crippen LogP contribution in [0.2, 0.25) is 0 Å². The predicted octanol–water partition coefficient (Wildman–Crippen LogP) is 0.970. The number of aromatic nitrogens is 5. The lowest BCUT2D eigenvalue weighted by Crippen LogP contribution is -2.17. The van der Waals surface area contributed by atoms with Gasteiger partial charge in [0, 0.05) is 20.6 Å². The van der Waals surface area contributed by atoms with Crippen LogP contribution in [-0.2, 0) is 27.2 Å². The fraction of sp³-hybridized carbons (Fsp3) is 0.615. The molecule has 0 aliphatic carbocycles. The summed E-state index contributed by atoms with van der Waals surface area (Å²) < 4.78 is 9.13. The van der Waals surface area contributed by atoms with Crippen LogP contribution < -0.4 is 10.1 Å². The molecule has 0 fully saturated rings. The first-order valence-electron chi connectivity index (χ1n) is 6.68. The quantitative estimate of drug-likeness (QED) is 0.852. The van der Waals surface area contributed by atoms with Gasteiger partial charge in [-0.1, -0.05) is 13.8 Å². The average molecular weight is 278 g/mol. The van der Waals surface area contributed by atoms with Crippen LogP contribution in [0.3, 0.4) is 0 Å². The van der Waals surface area contributed by atoms with E-state index in [9.17, 15) is 0 Å². The van der Waals surface area contributed by atoms with Gasteiger partial charge in [0.05, 0.1) is 24.9 Å². The van der Waals surface area contributed by atoms with E-state index in [0.717, 1.165) is 23.0 Å². The van der Waals surface area contributed by atoms with Gasteiger partial charge in [0.1, 0.15) is 12.2 Å². The van der Waals surface area contributed by atoms with E-state index in [0.29, 0.717) is 19.0 Å². The molecule has 0 aliphatic heterocycles. The summed E-state index contributed by atoms with van der Waals surface area (Å²) in [5.41, 5.74) is 2.17. The highest BCUT2D eigenvalue weighted by Gasteiger charge is 2.18. The number of hydrogen-bond acceptors (Lipinski definition) is 5. The minimum absolute atomic E-state index is 0.358. The highest BCUT2D eigenvalue weighted by molar-refractivity contribution is 5.33. The molecule has 2 rings (SSSR count). The summed E-state index contributed by atoms with van der Waals surface area (Å²) in [6.45, 7) is 5.62. The van der Waals surface area contributed by atoms with Crippen molar-refractivity contribution in [2.75, 3.05) is 7.11 Å². The Morgan fingerprint density at radius 3 is 2.60 bits per heavy atom. The number of methoxy groups -OCH3 is 1. The molecule has 0 amide bonds. The van der Waals surface area contributed by atoms with Gasteiger partial charge >= 0.3 is 0 Å². The Balaban J connectivity index is 2.10. The minimum Gasteiger partial charge on any atom is -0.481 e. The molecule has 2 aromatic heterocycles. The summed E-state index contributed by atoms with van der Waals surface area (Å²) in [5, 5.41) is 15.8. The smallest absolute Gasteiger partial charge is 0.216 e. The van der Waals surface area contributed by atoms with E-state index in [1.54, 1.807) is 18.1 Å². The van der Waals surface area contributed by atoms with E-state index in [1.807, 2.05) is 18.7 Å². The van der Waals surface area contributed by atoms with E-state index in [1.165, 1.54) is 0 Å². The largest absolute Gasteiger partial charge is 0.481 e. The van der Waals surface area contributed by atoms with Crippen LogP contribution in [0.1, 0.15) is 36.8 Å². The molecule has 0 unspecified atom stereocenters. The van der Waals surface area contributed by atoms with E-state index in [-0.39, 0.29) is 0 Å². The Kier molecular flexibility index (Phi) is 4.39. The van der Waals surface area contributed by atoms with Gasteiger partial charge in [0.15, 0.2) is 0 Å². The molecule has 0 aliphatic rings. The molecule has 7 heteroatoms. The van der Waals surface area contributed by atoms with Crippen LogP contribution in [0.5, 0.6) is 5.88 Å². The molecule has 0 saturated carbocycles. The van der Waals surface area contributed by atoms with Gasteiger partial charge < -0.3 is 14.6 Å². The molecular weight excluding hydrogens is 256 g/mol. The van der Waals surface area contributed by atoms with Crippen molar-refractivity contribution < 1.29 is 4.74 Å². The highest BCUT2D eigenvalue weighted by Crippen LogP contribution is 2.26. The van der Waals surface area contributed by atoms with Gasteiger partial charge in [-0.25, -0.2) is 4.68 Å². The molecule has 2 heterocycles. The zero-order valence-corrected chi connectivity index (χ0v) is 12.7. The Morgan fingerprint density at radius 1 is 1.30 bits per heavy atom. The van der Waals surface area contributed by atoms with Gasteiger partial charge in [-0.3, -0.25) is 0 Å². The average Bonchev–Trinajstić information content (AvgIpc) is 2.94. The van der Waals surface area contributed by atoms with Crippen LogP contribution in [0.15, 0.2) is 6.33 Å². The summed E-state index contributed by atoms with van der Waals surface area (Å²) in [6, 6.07) is 0. The number of aryl methyl sites for hydroxylation is 2. The number of nitrogens with zero attached hydrogens (tertiary/aromatic N) is 5. The van der Waals surface area contributed by atoms with Crippen molar-refractivity contribution in [1.29, 1.82) is 0 Å². The number of nitrogens with one attached hydrogen (secondary N) is 1. The molecule has 0 aromatic carbocycles. The van der Waals surface area contributed by atoms with E-state index < -0.39 is 0 Å². The van der Waals surface area contributed by atoms with Gasteiger partial charge in [0.25, 0.3) is 0 Å². The Morgan fingerprint density at radius 2 is 2.05 bits per heavy atom. The van der Waals surface area contributed by atoms with Crippen molar-refractivity contribution in [2.45, 2.75) is 32.9 Å². The second-order valence-electron chi connectivity index (χ2n) is 5.11. The van der Waals surface area contributed by atoms with Crippen molar-refractivity contribution in [3.63, 3.8) is 0 Å². The Hall–Kier alpha value is -1.89. The van der Waals surface area contributed by atoms with Crippen LogP contribution in [0.4, 0.5) is 0 Å². The van der Waals surface area contributed by atoms with E-state index >= 15 is 0 Å². The summed E-state index contributed by atoms with van der Waals surface area (Å²) >= 11 is 0. The Bertz CT molecular complexity index is 571. The van der Waals surface area contributed by atoms with Gasteiger partial charge in [-0.15, -0.1) is 10.2 Å². The van der Waals surface area contributed by atoms with Crippen LogP contribution in [0.25, 0.3) is 0 Å². The lowest BCUT2D eigenvalue weighted by Gasteiger charge is -2.09. The molecule has 7 nitrogen and oxygen atoms in total. The number of ether oxygens (including phenoxy) is 1. The normalized spacial score (nSPS) is 11.3. The van der Waals surface area contributed by atoms with Gasteiger partial charge in [-0.2, -0.15) is 5.10 Å². The molecule has 0 saturated heterocycles. The molecule has 0 bridgehead atoms. The molecule has 0 atom stereocenters. The molecule has 1 N–H and O–H groups in total. The molecule has 110 valence electrons. The lowest BCUT2D eigenvalue weighted by molar-refractivity contribution is 0.367. The van der Waals surface area contributed by atoms with Gasteiger partial charge in [0.2, 0.25) is 5.88 Å². The summed E-state index contributed by atoms with van der Waals surface area (Å²) in [7, 11) is 5.51. The molecule has 20 heavy (non-hydrogen) atoms. The van der Waals surface area contributed by atoms with Gasteiger partial charge in [-0.05, 0) is 5.92 Å².